The summed E-state index contributed by atoms with van der Waals surface area (Å²) in [7, 11) is 1.35. The highest BCUT2D eigenvalue weighted by molar-refractivity contribution is 5.48. The predicted molar refractivity (Wildman–Crippen MR) is 73.3 cm³/mol. The smallest absolute Gasteiger partial charge is 0.305 e. The van der Waals surface area contributed by atoms with Crippen LogP contribution in [0.15, 0.2) is 36.4 Å². The Morgan fingerprint density at radius 2 is 2.05 bits per heavy atom. The van der Waals surface area contributed by atoms with E-state index in [1.54, 1.807) is 6.07 Å². The molecule has 0 aliphatic carbocycles. The minimum Gasteiger partial charge on any atom is -0.494 e. The largest absolute Gasteiger partial charge is 0.494 e. The number of halogens is 2. The van der Waals surface area contributed by atoms with Crippen LogP contribution in [-0.2, 0) is 6.54 Å². The van der Waals surface area contributed by atoms with Gasteiger partial charge in [0, 0.05) is 29.9 Å². The lowest BCUT2D eigenvalue weighted by atomic mass is 10.1. The fourth-order valence-corrected chi connectivity index (χ4v) is 1.82. The summed E-state index contributed by atoms with van der Waals surface area (Å²) in [4.78, 5) is 9.86. The van der Waals surface area contributed by atoms with E-state index in [9.17, 15) is 18.9 Å². The topological polar surface area (TPSA) is 64.4 Å². The summed E-state index contributed by atoms with van der Waals surface area (Å²) in [6.07, 6.45) is 0. The van der Waals surface area contributed by atoms with Crippen molar-refractivity contribution in [2.75, 3.05) is 12.4 Å². The van der Waals surface area contributed by atoms with Crippen molar-refractivity contribution in [1.29, 1.82) is 0 Å². The molecule has 21 heavy (non-hydrogen) atoms. The third-order valence-electron chi connectivity index (χ3n) is 2.89. The Kier molecular flexibility index (Phi) is 4.32. The van der Waals surface area contributed by atoms with Gasteiger partial charge in [-0.15, -0.1) is 0 Å². The molecule has 0 saturated carbocycles. The van der Waals surface area contributed by atoms with Crippen LogP contribution in [0.3, 0.4) is 0 Å². The maximum Gasteiger partial charge on any atom is 0.305 e. The molecular formula is C14H12F2N2O3. The van der Waals surface area contributed by atoms with Crippen LogP contribution in [0.25, 0.3) is 0 Å². The molecule has 0 fully saturated rings. The van der Waals surface area contributed by atoms with Crippen molar-refractivity contribution >= 4 is 11.4 Å². The minimum atomic E-state index is -0.899. The van der Waals surface area contributed by atoms with Gasteiger partial charge in [0.25, 0.3) is 0 Å². The van der Waals surface area contributed by atoms with Crippen molar-refractivity contribution in [1.82, 2.24) is 0 Å². The monoisotopic (exact) mass is 294 g/mol. The number of rotatable bonds is 5. The van der Waals surface area contributed by atoms with Gasteiger partial charge in [0.1, 0.15) is 0 Å². The van der Waals surface area contributed by atoms with E-state index >= 15 is 0 Å². The molecule has 0 saturated heterocycles. The Morgan fingerprint density at radius 1 is 1.29 bits per heavy atom. The number of hydrogen-bond donors (Lipinski definition) is 1. The van der Waals surface area contributed by atoms with Crippen molar-refractivity contribution in [3.8, 4) is 5.75 Å². The zero-order valence-corrected chi connectivity index (χ0v) is 11.1. The Labute approximate surface area is 119 Å². The Hall–Kier alpha value is -2.70. The van der Waals surface area contributed by atoms with Gasteiger partial charge in [0.05, 0.1) is 12.0 Å². The summed E-state index contributed by atoms with van der Waals surface area (Å²) >= 11 is 0. The molecule has 2 aromatic carbocycles. The van der Waals surface area contributed by atoms with Crippen LogP contribution in [-0.4, -0.2) is 12.0 Å². The first-order chi connectivity index (χ1) is 10.0. The van der Waals surface area contributed by atoms with E-state index in [1.807, 2.05) is 0 Å². The van der Waals surface area contributed by atoms with Crippen LogP contribution in [0, 0.1) is 21.7 Å². The zero-order valence-electron chi connectivity index (χ0n) is 11.1. The number of nitrogens with zero attached hydrogens (tertiary/aromatic N) is 1. The second-order valence-electron chi connectivity index (χ2n) is 4.21. The second kappa shape index (κ2) is 6.17. The van der Waals surface area contributed by atoms with E-state index in [0.29, 0.717) is 5.69 Å². The molecule has 0 aliphatic heterocycles. The van der Waals surface area contributed by atoms with E-state index in [2.05, 4.69) is 5.32 Å². The molecule has 2 rings (SSSR count). The molecule has 0 unspecified atom stereocenters. The maximum absolute atomic E-state index is 13.8. The lowest BCUT2D eigenvalue weighted by Gasteiger charge is -2.09. The molecule has 2 aromatic rings. The fraction of sp³-hybridized carbons (Fsp3) is 0.143. The van der Waals surface area contributed by atoms with Gasteiger partial charge in [0.2, 0.25) is 5.82 Å². The number of ether oxygens (including phenoxy) is 1. The third-order valence-corrected chi connectivity index (χ3v) is 2.89. The molecule has 1 N–H and O–H groups in total. The minimum absolute atomic E-state index is 0.000712. The van der Waals surface area contributed by atoms with Crippen molar-refractivity contribution in [3.63, 3.8) is 0 Å². The van der Waals surface area contributed by atoms with Crippen molar-refractivity contribution in [2.45, 2.75) is 6.54 Å². The van der Waals surface area contributed by atoms with Gasteiger partial charge in [-0.05, 0) is 12.1 Å². The summed E-state index contributed by atoms with van der Waals surface area (Å²) in [5, 5.41) is 13.4. The van der Waals surface area contributed by atoms with E-state index in [-0.39, 0.29) is 17.9 Å². The first-order valence-electron chi connectivity index (χ1n) is 6.02. The molecule has 0 radical (unpaired) electrons. The van der Waals surface area contributed by atoms with Crippen molar-refractivity contribution in [3.05, 3.63) is 63.7 Å². The summed E-state index contributed by atoms with van der Waals surface area (Å²) < 4.78 is 32.1. The van der Waals surface area contributed by atoms with Gasteiger partial charge in [-0.1, -0.05) is 12.1 Å². The van der Waals surface area contributed by atoms with Gasteiger partial charge >= 0.3 is 5.69 Å². The number of nitro benzene ring substituents is 1. The van der Waals surface area contributed by atoms with E-state index < -0.39 is 22.2 Å². The molecule has 0 aliphatic rings. The van der Waals surface area contributed by atoms with Gasteiger partial charge in [-0.2, -0.15) is 4.39 Å². The number of hydrogen-bond acceptors (Lipinski definition) is 4. The molecular weight excluding hydrogens is 282 g/mol. The third kappa shape index (κ3) is 3.25. The molecule has 0 bridgehead atoms. The van der Waals surface area contributed by atoms with Crippen LogP contribution < -0.4 is 10.1 Å². The predicted octanol–water partition coefficient (Wildman–Crippen LogP) is 3.49. The van der Waals surface area contributed by atoms with Crippen LogP contribution in [0.5, 0.6) is 5.75 Å². The lowest BCUT2D eigenvalue weighted by Crippen LogP contribution is -2.04. The van der Waals surface area contributed by atoms with Gasteiger partial charge < -0.3 is 10.1 Å². The van der Waals surface area contributed by atoms with Gasteiger partial charge in [0.15, 0.2) is 11.6 Å². The molecule has 0 aromatic heterocycles. The number of anilines is 1. The summed E-state index contributed by atoms with van der Waals surface area (Å²) in [5.41, 5.74) is -0.0464. The number of benzene rings is 2. The number of nitrogens with one attached hydrogen (secondary N) is 1. The molecule has 110 valence electrons. The van der Waals surface area contributed by atoms with Crippen LogP contribution in [0.2, 0.25) is 0 Å². The zero-order chi connectivity index (χ0) is 15.4. The van der Waals surface area contributed by atoms with E-state index in [0.717, 1.165) is 6.07 Å². The average Bonchev–Trinajstić information content (AvgIpc) is 2.46. The van der Waals surface area contributed by atoms with Crippen LogP contribution in [0.4, 0.5) is 20.2 Å². The highest BCUT2D eigenvalue weighted by atomic mass is 19.1. The van der Waals surface area contributed by atoms with Gasteiger partial charge in [-0.25, -0.2) is 4.39 Å². The van der Waals surface area contributed by atoms with Crippen molar-refractivity contribution in [2.24, 2.45) is 0 Å². The standard InChI is InChI=1S/C14H12F2N2O3/c1-21-13-6-5-10(7-11(13)15)17-8-9-3-2-4-12(14(9)16)18(19)20/h2-7,17H,8H2,1H3. The van der Waals surface area contributed by atoms with E-state index in [1.165, 1.54) is 31.4 Å². The maximum atomic E-state index is 13.8. The van der Waals surface area contributed by atoms with E-state index in [4.69, 9.17) is 4.74 Å². The first-order valence-corrected chi connectivity index (χ1v) is 6.02. The Balaban J connectivity index is 2.15. The first kappa shape index (κ1) is 14.7. The van der Waals surface area contributed by atoms with Gasteiger partial charge in [-0.3, -0.25) is 10.1 Å². The normalized spacial score (nSPS) is 10.2. The number of nitro groups is 1. The molecule has 0 spiro atoms. The summed E-state index contributed by atoms with van der Waals surface area (Å²) in [6.45, 7) is -0.000712. The highest BCUT2D eigenvalue weighted by Crippen LogP contribution is 2.23. The second-order valence-corrected chi connectivity index (χ2v) is 4.21. The van der Waals surface area contributed by atoms with Crippen molar-refractivity contribution < 1.29 is 18.4 Å². The molecule has 0 amide bonds. The highest BCUT2D eigenvalue weighted by Gasteiger charge is 2.16. The molecule has 0 heterocycles. The summed E-state index contributed by atoms with van der Waals surface area (Å²) in [5.74, 6) is -1.35. The SMILES string of the molecule is COc1ccc(NCc2cccc([N+](=O)[O-])c2F)cc1F. The molecule has 5 nitrogen and oxygen atoms in total. The number of methoxy groups -OCH3 is 1. The Bertz CT molecular complexity index is 677. The van der Waals surface area contributed by atoms with Crippen LogP contribution in [0.1, 0.15) is 5.56 Å². The lowest BCUT2D eigenvalue weighted by molar-refractivity contribution is -0.387. The van der Waals surface area contributed by atoms with Crippen LogP contribution >= 0.6 is 0 Å². The average molecular weight is 294 g/mol. The Morgan fingerprint density at radius 3 is 2.67 bits per heavy atom. The molecule has 7 heteroatoms. The quantitative estimate of drug-likeness (QED) is 0.677. The fourth-order valence-electron chi connectivity index (χ4n) is 1.82. The summed E-state index contributed by atoms with van der Waals surface area (Å²) in [6, 6.07) is 8.11. The molecule has 0 atom stereocenters.